The topological polar surface area (TPSA) is 37.8 Å². The SMILES string of the molecule is Cl.Clc1nc(Cl)c2c(n1)CCNCC2. The van der Waals surface area contributed by atoms with Gasteiger partial charge < -0.3 is 5.32 Å². The van der Waals surface area contributed by atoms with Crippen LogP contribution in [0.3, 0.4) is 0 Å². The van der Waals surface area contributed by atoms with Crippen molar-refractivity contribution in [3.63, 3.8) is 0 Å². The smallest absolute Gasteiger partial charge is 0.224 e. The zero-order valence-corrected chi connectivity index (χ0v) is 9.72. The van der Waals surface area contributed by atoms with Crippen LogP contribution in [0.2, 0.25) is 10.4 Å². The average molecular weight is 255 g/mol. The van der Waals surface area contributed by atoms with Gasteiger partial charge in [0, 0.05) is 18.5 Å². The molecule has 14 heavy (non-hydrogen) atoms. The highest BCUT2D eigenvalue weighted by atomic mass is 35.5. The molecule has 0 aliphatic carbocycles. The Bertz CT molecular complexity index is 330. The number of hydrogen-bond donors (Lipinski definition) is 1. The van der Waals surface area contributed by atoms with Gasteiger partial charge in [-0.3, -0.25) is 0 Å². The molecule has 1 aliphatic heterocycles. The quantitative estimate of drug-likeness (QED) is 0.568. The van der Waals surface area contributed by atoms with Crippen LogP contribution in [0.15, 0.2) is 0 Å². The van der Waals surface area contributed by atoms with Crippen molar-refractivity contribution in [1.82, 2.24) is 15.3 Å². The standard InChI is InChI=1S/C8H9Cl2N3.ClH/c9-7-5-1-3-11-4-2-6(5)12-8(10)13-7;/h11H,1-4H2;1H. The zero-order chi connectivity index (χ0) is 9.26. The lowest BCUT2D eigenvalue weighted by Crippen LogP contribution is -2.16. The van der Waals surface area contributed by atoms with E-state index in [1.54, 1.807) is 0 Å². The maximum absolute atomic E-state index is 5.96. The van der Waals surface area contributed by atoms with Crippen LogP contribution in [0.25, 0.3) is 0 Å². The Hall–Kier alpha value is -0.0900. The van der Waals surface area contributed by atoms with Gasteiger partial charge in [-0.05, 0) is 24.6 Å². The van der Waals surface area contributed by atoms with Crippen LogP contribution in [0.1, 0.15) is 11.3 Å². The van der Waals surface area contributed by atoms with Gasteiger partial charge in [-0.2, -0.15) is 0 Å². The van der Waals surface area contributed by atoms with Crippen molar-refractivity contribution in [2.24, 2.45) is 0 Å². The summed E-state index contributed by atoms with van der Waals surface area (Å²) in [7, 11) is 0. The molecule has 3 nitrogen and oxygen atoms in total. The molecule has 0 spiro atoms. The second-order valence-corrected chi connectivity index (χ2v) is 3.65. The lowest BCUT2D eigenvalue weighted by atomic mass is 10.1. The lowest BCUT2D eigenvalue weighted by Gasteiger charge is -2.05. The fourth-order valence-electron chi connectivity index (χ4n) is 1.47. The summed E-state index contributed by atoms with van der Waals surface area (Å²) >= 11 is 11.7. The average Bonchev–Trinajstić information content (AvgIpc) is 2.28. The van der Waals surface area contributed by atoms with Gasteiger partial charge in [0.1, 0.15) is 5.15 Å². The summed E-state index contributed by atoms with van der Waals surface area (Å²) in [5.41, 5.74) is 2.02. The van der Waals surface area contributed by atoms with Crippen molar-refractivity contribution in [2.75, 3.05) is 13.1 Å². The third-order valence-electron chi connectivity index (χ3n) is 2.11. The van der Waals surface area contributed by atoms with E-state index in [2.05, 4.69) is 15.3 Å². The Morgan fingerprint density at radius 1 is 1.07 bits per heavy atom. The molecule has 0 radical (unpaired) electrons. The number of halogens is 3. The van der Waals surface area contributed by atoms with Gasteiger partial charge in [0.25, 0.3) is 0 Å². The Morgan fingerprint density at radius 2 is 1.79 bits per heavy atom. The van der Waals surface area contributed by atoms with Crippen molar-refractivity contribution in [2.45, 2.75) is 12.8 Å². The molecule has 6 heteroatoms. The van der Waals surface area contributed by atoms with Crippen LogP contribution < -0.4 is 5.32 Å². The maximum Gasteiger partial charge on any atom is 0.224 e. The van der Waals surface area contributed by atoms with Crippen LogP contribution in [-0.2, 0) is 12.8 Å². The summed E-state index contributed by atoms with van der Waals surface area (Å²) in [6.07, 6.45) is 1.75. The highest BCUT2D eigenvalue weighted by molar-refractivity contribution is 6.32. The van der Waals surface area contributed by atoms with Crippen LogP contribution >= 0.6 is 35.6 Å². The van der Waals surface area contributed by atoms with E-state index in [9.17, 15) is 0 Å². The van der Waals surface area contributed by atoms with E-state index in [0.717, 1.165) is 37.2 Å². The second-order valence-electron chi connectivity index (χ2n) is 2.96. The first kappa shape index (κ1) is 12.0. The number of hydrogen-bond acceptors (Lipinski definition) is 3. The molecule has 1 N–H and O–H groups in total. The van der Waals surface area contributed by atoms with Gasteiger partial charge in [-0.25, -0.2) is 9.97 Å². The fraction of sp³-hybridized carbons (Fsp3) is 0.500. The molecule has 0 aromatic carbocycles. The third kappa shape index (κ3) is 2.48. The second kappa shape index (κ2) is 5.12. The summed E-state index contributed by atoms with van der Waals surface area (Å²) in [4.78, 5) is 8.08. The minimum absolute atomic E-state index is 0. The minimum atomic E-state index is 0. The molecule has 2 heterocycles. The molecule has 0 bridgehead atoms. The van der Waals surface area contributed by atoms with E-state index in [-0.39, 0.29) is 17.7 Å². The van der Waals surface area contributed by atoms with Crippen LogP contribution in [0, 0.1) is 0 Å². The van der Waals surface area contributed by atoms with E-state index in [1.807, 2.05) is 0 Å². The first-order valence-corrected chi connectivity index (χ1v) is 4.94. The number of nitrogens with one attached hydrogen (secondary N) is 1. The van der Waals surface area contributed by atoms with Crippen molar-refractivity contribution in [1.29, 1.82) is 0 Å². The first-order chi connectivity index (χ1) is 6.27. The van der Waals surface area contributed by atoms with Gasteiger partial charge in [-0.1, -0.05) is 11.6 Å². The first-order valence-electron chi connectivity index (χ1n) is 4.19. The maximum atomic E-state index is 5.96. The van der Waals surface area contributed by atoms with Crippen molar-refractivity contribution < 1.29 is 0 Å². The summed E-state index contributed by atoms with van der Waals surface area (Å²) < 4.78 is 0. The predicted octanol–water partition coefficient (Wildman–Crippen LogP) is 1.89. The van der Waals surface area contributed by atoms with Gasteiger partial charge in [0.2, 0.25) is 5.28 Å². The van der Waals surface area contributed by atoms with Crippen molar-refractivity contribution in [3.8, 4) is 0 Å². The van der Waals surface area contributed by atoms with Crippen molar-refractivity contribution >= 4 is 35.6 Å². The monoisotopic (exact) mass is 253 g/mol. The van der Waals surface area contributed by atoms with Crippen LogP contribution in [-0.4, -0.2) is 23.1 Å². The third-order valence-corrected chi connectivity index (χ3v) is 2.59. The molecule has 0 atom stereocenters. The van der Waals surface area contributed by atoms with E-state index < -0.39 is 0 Å². The van der Waals surface area contributed by atoms with E-state index in [4.69, 9.17) is 23.2 Å². The van der Waals surface area contributed by atoms with Gasteiger partial charge in [0.15, 0.2) is 0 Å². The molecule has 0 fully saturated rings. The Morgan fingerprint density at radius 3 is 2.57 bits per heavy atom. The molecular weight excluding hydrogens is 244 g/mol. The molecule has 1 aliphatic rings. The number of rotatable bonds is 0. The molecule has 1 aromatic heterocycles. The molecule has 0 amide bonds. The summed E-state index contributed by atoms with van der Waals surface area (Å²) in [6.45, 7) is 1.86. The summed E-state index contributed by atoms with van der Waals surface area (Å²) in [6, 6.07) is 0. The highest BCUT2D eigenvalue weighted by Crippen LogP contribution is 2.20. The Balaban J connectivity index is 0.000000980. The van der Waals surface area contributed by atoms with Crippen molar-refractivity contribution in [3.05, 3.63) is 21.7 Å². The predicted molar refractivity (Wildman–Crippen MR) is 59.6 cm³/mol. The van der Waals surface area contributed by atoms with E-state index in [1.165, 1.54) is 0 Å². The Kier molecular flexibility index (Phi) is 4.38. The van der Waals surface area contributed by atoms with Gasteiger partial charge >= 0.3 is 0 Å². The van der Waals surface area contributed by atoms with Gasteiger partial charge in [0.05, 0.1) is 5.69 Å². The Labute approximate surface area is 98.6 Å². The van der Waals surface area contributed by atoms with E-state index in [0.29, 0.717) is 5.15 Å². The normalized spacial score (nSPS) is 15.3. The number of fused-ring (bicyclic) bond motifs is 1. The molecule has 78 valence electrons. The van der Waals surface area contributed by atoms with Gasteiger partial charge in [-0.15, -0.1) is 12.4 Å². The number of aromatic nitrogens is 2. The van der Waals surface area contributed by atoms with Crippen LogP contribution in [0.5, 0.6) is 0 Å². The molecular formula is C8H10Cl3N3. The molecule has 0 saturated carbocycles. The zero-order valence-electron chi connectivity index (χ0n) is 7.39. The largest absolute Gasteiger partial charge is 0.316 e. The van der Waals surface area contributed by atoms with Crippen LogP contribution in [0.4, 0.5) is 0 Å². The fourth-order valence-corrected chi connectivity index (χ4v) is 1.98. The summed E-state index contributed by atoms with van der Waals surface area (Å²) in [5.74, 6) is 0. The minimum Gasteiger partial charge on any atom is -0.316 e. The lowest BCUT2D eigenvalue weighted by molar-refractivity contribution is 0.708. The molecule has 2 rings (SSSR count). The van der Waals surface area contributed by atoms with E-state index >= 15 is 0 Å². The summed E-state index contributed by atoms with van der Waals surface area (Å²) in [5, 5.41) is 4.01. The highest BCUT2D eigenvalue weighted by Gasteiger charge is 2.14. The molecule has 1 aromatic rings. The number of nitrogens with zero attached hydrogens (tertiary/aromatic N) is 2. The molecule has 0 saturated heterocycles. The molecule has 0 unspecified atom stereocenters.